The van der Waals surface area contributed by atoms with Crippen molar-refractivity contribution in [2.75, 3.05) is 0 Å². The molecule has 1 radical (unpaired) electrons. The first-order valence-electron chi connectivity index (χ1n) is 12.4. The summed E-state index contributed by atoms with van der Waals surface area (Å²) < 4.78 is 0. The van der Waals surface area contributed by atoms with E-state index in [1.165, 1.54) is 11.1 Å². The van der Waals surface area contributed by atoms with E-state index in [-0.39, 0.29) is 11.2 Å². The molecular formula is C33H44NO2. The number of ketones is 1. The molecule has 0 aliphatic heterocycles. The summed E-state index contributed by atoms with van der Waals surface area (Å²) in [5.74, 6) is 0.277. The summed E-state index contributed by atoms with van der Waals surface area (Å²) in [4.78, 5) is 20.4. The van der Waals surface area contributed by atoms with E-state index in [4.69, 9.17) is 10.1 Å². The molecule has 0 saturated carbocycles. The van der Waals surface area contributed by atoms with Gasteiger partial charge >= 0.3 is 0 Å². The number of nitrogens with zero attached hydrogens (tertiary/aromatic N) is 1. The Balaban J connectivity index is 0. The summed E-state index contributed by atoms with van der Waals surface area (Å²) in [6, 6.07) is 18.0. The Bertz CT molecular complexity index is 962. The molecule has 36 heavy (non-hydrogen) atoms. The number of hydrogen-bond acceptors (Lipinski definition) is 3. The maximum absolute atomic E-state index is 11.7. The SMILES string of the molecule is C=C/C=C\C1(C(C)=O)CCC=CCC1.CC.Cc1ccccc1C.Cc1ccccc1C#N.[CH2]C=O. The second-order valence-electron chi connectivity index (χ2n) is 8.03. The first kappa shape index (κ1) is 34.7. The van der Waals surface area contributed by atoms with Gasteiger partial charge in [-0.15, -0.1) is 0 Å². The number of Topliss-reactive ketones (excluding diaryl/α,β-unsaturated/α-hetero) is 1. The van der Waals surface area contributed by atoms with Crippen LogP contribution < -0.4 is 0 Å². The molecule has 0 N–H and O–H groups in total. The third-order valence-electron chi connectivity index (χ3n) is 5.62. The zero-order valence-electron chi connectivity index (χ0n) is 23.1. The molecule has 0 atom stereocenters. The van der Waals surface area contributed by atoms with E-state index < -0.39 is 0 Å². The number of carbonyl (C=O) groups excluding carboxylic acids is 2. The minimum Gasteiger partial charge on any atom is -0.303 e. The van der Waals surface area contributed by atoms with Crippen LogP contribution in [0.25, 0.3) is 0 Å². The molecule has 0 unspecified atom stereocenters. The van der Waals surface area contributed by atoms with Crippen molar-refractivity contribution < 1.29 is 9.59 Å². The highest BCUT2D eigenvalue weighted by atomic mass is 16.1. The monoisotopic (exact) mass is 486 g/mol. The first-order valence-corrected chi connectivity index (χ1v) is 12.4. The first-order chi connectivity index (χ1) is 17.3. The molecule has 1 aliphatic carbocycles. The zero-order chi connectivity index (χ0) is 27.8. The number of nitriles is 1. The topological polar surface area (TPSA) is 57.9 Å². The lowest BCUT2D eigenvalue weighted by atomic mass is 9.76. The summed E-state index contributed by atoms with van der Waals surface area (Å²) in [6.07, 6.45) is 14.4. The fourth-order valence-electron chi connectivity index (χ4n) is 3.29. The molecule has 0 bridgehead atoms. The molecule has 193 valence electrons. The van der Waals surface area contributed by atoms with Crippen molar-refractivity contribution in [1.82, 2.24) is 0 Å². The maximum Gasteiger partial charge on any atom is 0.139 e. The Hall–Kier alpha value is -3.51. The van der Waals surface area contributed by atoms with Crippen LogP contribution in [0.4, 0.5) is 0 Å². The van der Waals surface area contributed by atoms with Gasteiger partial charge < -0.3 is 4.79 Å². The molecule has 0 amide bonds. The minimum absolute atomic E-state index is 0.238. The Morgan fingerprint density at radius 3 is 1.64 bits per heavy atom. The average Bonchev–Trinajstić information content (AvgIpc) is 3.14. The molecular weight excluding hydrogens is 442 g/mol. The van der Waals surface area contributed by atoms with Crippen LogP contribution in [0.15, 0.2) is 85.5 Å². The van der Waals surface area contributed by atoms with Crippen LogP contribution >= 0.6 is 0 Å². The summed E-state index contributed by atoms with van der Waals surface area (Å²) in [5.41, 5.74) is 4.30. The third-order valence-corrected chi connectivity index (χ3v) is 5.62. The van der Waals surface area contributed by atoms with Crippen molar-refractivity contribution in [1.29, 1.82) is 5.26 Å². The van der Waals surface area contributed by atoms with E-state index in [0.717, 1.165) is 36.8 Å². The highest BCUT2D eigenvalue weighted by molar-refractivity contribution is 5.84. The smallest absolute Gasteiger partial charge is 0.139 e. The van der Waals surface area contributed by atoms with E-state index in [1.54, 1.807) is 13.0 Å². The van der Waals surface area contributed by atoms with Crippen molar-refractivity contribution in [2.45, 2.75) is 67.2 Å². The van der Waals surface area contributed by atoms with Crippen LogP contribution in [0.5, 0.6) is 0 Å². The quantitative estimate of drug-likeness (QED) is 0.248. The summed E-state index contributed by atoms with van der Waals surface area (Å²) in [5, 5.41) is 8.47. The highest BCUT2D eigenvalue weighted by Crippen LogP contribution is 2.35. The van der Waals surface area contributed by atoms with E-state index in [2.05, 4.69) is 69.8 Å². The van der Waals surface area contributed by atoms with Crippen molar-refractivity contribution in [2.24, 2.45) is 5.41 Å². The van der Waals surface area contributed by atoms with Crippen LogP contribution in [0.2, 0.25) is 0 Å². The van der Waals surface area contributed by atoms with Crippen LogP contribution in [0, 0.1) is 44.4 Å². The number of allylic oxidation sites excluding steroid dienone is 5. The number of hydrogen-bond donors (Lipinski definition) is 0. The van der Waals surface area contributed by atoms with Gasteiger partial charge in [0.1, 0.15) is 12.1 Å². The minimum atomic E-state index is -0.238. The fraction of sp³-hybridized carbons (Fsp3) is 0.333. The van der Waals surface area contributed by atoms with Gasteiger partial charge in [-0.25, -0.2) is 0 Å². The van der Waals surface area contributed by atoms with E-state index in [0.29, 0.717) is 6.29 Å². The highest BCUT2D eigenvalue weighted by Gasteiger charge is 2.31. The van der Waals surface area contributed by atoms with Crippen LogP contribution in [0.3, 0.4) is 0 Å². The molecule has 0 spiro atoms. The second-order valence-corrected chi connectivity index (χ2v) is 8.03. The summed E-state index contributed by atoms with van der Waals surface area (Å²) in [6.45, 7) is 18.3. The zero-order valence-corrected chi connectivity index (χ0v) is 23.1. The molecule has 0 fully saturated rings. The Kier molecular flexibility index (Phi) is 21.2. The molecule has 0 saturated heterocycles. The largest absolute Gasteiger partial charge is 0.303 e. The number of aldehydes is 1. The number of carbonyl (C=O) groups is 2. The predicted molar refractivity (Wildman–Crippen MR) is 155 cm³/mol. The average molecular weight is 487 g/mol. The Morgan fingerprint density at radius 1 is 0.917 bits per heavy atom. The number of rotatable bonds is 3. The van der Waals surface area contributed by atoms with Crippen molar-refractivity contribution in [3.8, 4) is 6.07 Å². The molecule has 3 rings (SSSR count). The molecule has 0 heterocycles. The van der Waals surface area contributed by atoms with Crippen LogP contribution in [-0.2, 0) is 9.59 Å². The predicted octanol–water partition coefficient (Wildman–Crippen LogP) is 8.65. The normalized spacial score (nSPS) is 12.7. The molecule has 2 aromatic rings. The van der Waals surface area contributed by atoms with E-state index in [1.807, 2.05) is 57.2 Å². The lowest BCUT2D eigenvalue weighted by molar-refractivity contribution is -0.124. The molecule has 3 nitrogen and oxygen atoms in total. The van der Waals surface area contributed by atoms with Gasteiger partial charge in [0.05, 0.1) is 11.6 Å². The number of benzene rings is 2. The van der Waals surface area contributed by atoms with Crippen molar-refractivity contribution in [3.63, 3.8) is 0 Å². The summed E-state index contributed by atoms with van der Waals surface area (Å²) in [7, 11) is 0. The lowest BCUT2D eigenvalue weighted by Crippen LogP contribution is -2.26. The van der Waals surface area contributed by atoms with E-state index >= 15 is 0 Å². The second kappa shape index (κ2) is 22.0. The number of aryl methyl sites for hydroxylation is 3. The van der Waals surface area contributed by atoms with Crippen LogP contribution in [0.1, 0.15) is 68.7 Å². The van der Waals surface area contributed by atoms with Gasteiger partial charge in [0.15, 0.2) is 0 Å². The summed E-state index contributed by atoms with van der Waals surface area (Å²) >= 11 is 0. The molecule has 2 aromatic carbocycles. The lowest BCUT2D eigenvalue weighted by Gasteiger charge is -2.25. The van der Waals surface area contributed by atoms with Gasteiger partial charge in [-0.05, 0) is 76.1 Å². The Labute approximate surface area is 220 Å². The van der Waals surface area contributed by atoms with Gasteiger partial charge in [-0.3, -0.25) is 4.79 Å². The fourth-order valence-corrected chi connectivity index (χ4v) is 3.29. The van der Waals surface area contributed by atoms with E-state index in [9.17, 15) is 4.79 Å². The van der Waals surface area contributed by atoms with Gasteiger partial charge in [0, 0.05) is 12.3 Å². The van der Waals surface area contributed by atoms with Crippen LogP contribution in [-0.4, -0.2) is 12.1 Å². The molecule has 0 aromatic heterocycles. The molecule has 3 heteroatoms. The van der Waals surface area contributed by atoms with Gasteiger partial charge in [-0.1, -0.05) is 93.3 Å². The van der Waals surface area contributed by atoms with Crippen molar-refractivity contribution >= 4 is 12.1 Å². The molecule has 1 aliphatic rings. The van der Waals surface area contributed by atoms with Gasteiger partial charge in [0.2, 0.25) is 0 Å². The standard InChI is InChI=1S/C13H18O.C8H7N.C8H10.C2H3O.C2H6/c1-3-4-9-13(12(2)14)10-7-5-6-8-11-13;1-7-4-2-3-5-8(7)6-9;1-7-5-3-4-6-8(7)2;1-2-3;1-2/h3-6,9H,1,7-8,10-11H2,2H3;2-5H,1H3;3-6H,1-2H3;2H,1H2;1-2H3/b9-4-;;;;. The van der Waals surface area contributed by atoms with Gasteiger partial charge in [-0.2, -0.15) is 5.26 Å². The maximum atomic E-state index is 11.7. The Morgan fingerprint density at radius 2 is 1.33 bits per heavy atom. The van der Waals surface area contributed by atoms with Crippen molar-refractivity contribution in [3.05, 3.63) is 115 Å². The van der Waals surface area contributed by atoms with Gasteiger partial charge in [0.25, 0.3) is 0 Å². The third kappa shape index (κ3) is 14.7.